The zero-order valence-corrected chi connectivity index (χ0v) is 15.4. The van der Waals surface area contributed by atoms with Crippen molar-refractivity contribution < 1.29 is 19.1 Å². The highest BCUT2D eigenvalue weighted by molar-refractivity contribution is 6.09. The van der Waals surface area contributed by atoms with Gasteiger partial charge >= 0.3 is 5.97 Å². The number of carbonyl (C=O) groups is 3. The van der Waals surface area contributed by atoms with Gasteiger partial charge in [0.1, 0.15) is 5.54 Å². The minimum atomic E-state index is -1.22. The van der Waals surface area contributed by atoms with Crippen molar-refractivity contribution in [2.75, 3.05) is 14.2 Å². The van der Waals surface area contributed by atoms with Gasteiger partial charge in [0, 0.05) is 13.1 Å². The number of fused-ring (bicyclic) bond motifs is 1. The summed E-state index contributed by atoms with van der Waals surface area (Å²) in [7, 11) is 2.78. The second-order valence-electron chi connectivity index (χ2n) is 7.19. The molecule has 26 heavy (non-hydrogen) atoms. The number of benzene rings is 1. The zero-order chi connectivity index (χ0) is 19.1. The van der Waals surface area contributed by atoms with E-state index in [0.717, 1.165) is 10.5 Å². The molecule has 2 aliphatic heterocycles. The van der Waals surface area contributed by atoms with E-state index in [1.807, 2.05) is 56.3 Å². The van der Waals surface area contributed by atoms with E-state index in [1.54, 1.807) is 0 Å². The molecule has 2 aliphatic rings. The summed E-state index contributed by atoms with van der Waals surface area (Å²) in [6.45, 7) is 3.72. The lowest BCUT2D eigenvalue weighted by Gasteiger charge is -2.35. The third kappa shape index (κ3) is 2.56. The number of ether oxygens (including phenoxy) is 1. The number of imide groups is 1. The minimum Gasteiger partial charge on any atom is -0.468 e. The standard InChI is InChI=1S/C20H24N2O4/c1-12(2)20(19(25)26-4)16-15(17(23)22(3)18(16)24)14(21-20)11-10-13-8-6-5-7-9-13/h5-12,14-16,21H,1-4H3/b11-10+/t14-,15+,16-,20-/m1/s1. The summed E-state index contributed by atoms with van der Waals surface area (Å²) in [5.41, 5.74) is -0.237. The van der Waals surface area contributed by atoms with Gasteiger partial charge in [-0.1, -0.05) is 56.3 Å². The Morgan fingerprint density at radius 2 is 1.88 bits per heavy atom. The SMILES string of the molecule is COC(=O)[C@]1(C(C)C)N[C@H](/C=C/c2ccccc2)[C@@H]2C(=O)N(C)C(=O)[C@@H]21. The molecule has 6 heteroatoms. The van der Waals surface area contributed by atoms with Crippen LogP contribution in [-0.4, -0.2) is 48.4 Å². The van der Waals surface area contributed by atoms with Crippen molar-refractivity contribution >= 4 is 23.9 Å². The molecule has 0 bridgehead atoms. The highest BCUT2D eigenvalue weighted by Gasteiger charge is 2.68. The maximum atomic E-state index is 12.8. The number of nitrogens with one attached hydrogen (secondary N) is 1. The van der Waals surface area contributed by atoms with E-state index in [9.17, 15) is 14.4 Å². The molecule has 2 amide bonds. The first-order chi connectivity index (χ1) is 12.3. The summed E-state index contributed by atoms with van der Waals surface area (Å²) in [6.07, 6.45) is 3.77. The van der Waals surface area contributed by atoms with E-state index in [2.05, 4.69) is 5.32 Å². The van der Waals surface area contributed by atoms with Crippen LogP contribution in [0.15, 0.2) is 36.4 Å². The van der Waals surface area contributed by atoms with Crippen molar-refractivity contribution in [1.29, 1.82) is 0 Å². The van der Waals surface area contributed by atoms with Gasteiger partial charge in [-0.25, -0.2) is 0 Å². The third-order valence-electron chi connectivity index (χ3n) is 5.58. The molecule has 1 aromatic rings. The normalized spacial score (nSPS) is 31.1. The number of esters is 1. The van der Waals surface area contributed by atoms with Crippen LogP contribution in [0.1, 0.15) is 19.4 Å². The van der Waals surface area contributed by atoms with Crippen LogP contribution < -0.4 is 5.32 Å². The van der Waals surface area contributed by atoms with E-state index in [-0.39, 0.29) is 17.7 Å². The third-order valence-corrected chi connectivity index (χ3v) is 5.58. The molecular weight excluding hydrogens is 332 g/mol. The Kier molecular flexibility index (Phi) is 4.71. The average Bonchev–Trinajstić information content (AvgIpc) is 3.10. The molecule has 0 aliphatic carbocycles. The summed E-state index contributed by atoms with van der Waals surface area (Å²) < 4.78 is 5.03. The number of hydrogen-bond acceptors (Lipinski definition) is 5. The Balaban J connectivity index is 2.05. The molecule has 138 valence electrons. The van der Waals surface area contributed by atoms with E-state index < -0.39 is 29.4 Å². The fourth-order valence-electron chi connectivity index (χ4n) is 4.19. The van der Waals surface area contributed by atoms with Crippen LogP contribution >= 0.6 is 0 Å². The molecule has 0 aromatic heterocycles. The van der Waals surface area contributed by atoms with Crippen LogP contribution in [0.5, 0.6) is 0 Å². The van der Waals surface area contributed by atoms with Crippen LogP contribution in [0.4, 0.5) is 0 Å². The number of carbonyl (C=O) groups excluding carboxylic acids is 3. The molecule has 0 radical (unpaired) electrons. The number of methoxy groups -OCH3 is 1. The number of nitrogens with zero attached hydrogens (tertiary/aromatic N) is 1. The number of likely N-dealkylation sites (tertiary alicyclic amines) is 1. The summed E-state index contributed by atoms with van der Waals surface area (Å²) in [6, 6.07) is 9.25. The largest absolute Gasteiger partial charge is 0.468 e. The van der Waals surface area contributed by atoms with Gasteiger partial charge in [0.05, 0.1) is 18.9 Å². The molecule has 1 N–H and O–H groups in total. The van der Waals surface area contributed by atoms with Gasteiger partial charge in [0.15, 0.2) is 0 Å². The predicted molar refractivity (Wildman–Crippen MR) is 96.7 cm³/mol. The van der Waals surface area contributed by atoms with E-state index in [4.69, 9.17) is 4.74 Å². The molecule has 2 saturated heterocycles. The van der Waals surface area contributed by atoms with Crippen molar-refractivity contribution in [3.8, 4) is 0 Å². The summed E-state index contributed by atoms with van der Waals surface area (Å²) in [4.78, 5) is 39.4. The van der Waals surface area contributed by atoms with Crippen molar-refractivity contribution in [3.05, 3.63) is 42.0 Å². The fraction of sp³-hybridized carbons (Fsp3) is 0.450. The first-order valence-corrected chi connectivity index (χ1v) is 8.75. The molecule has 1 aromatic carbocycles. The first-order valence-electron chi connectivity index (χ1n) is 8.75. The molecule has 3 rings (SSSR count). The lowest BCUT2D eigenvalue weighted by atomic mass is 9.73. The van der Waals surface area contributed by atoms with Gasteiger partial charge in [0.25, 0.3) is 0 Å². The van der Waals surface area contributed by atoms with Gasteiger partial charge in [-0.2, -0.15) is 0 Å². The van der Waals surface area contributed by atoms with Gasteiger partial charge in [-0.3, -0.25) is 24.6 Å². The van der Waals surface area contributed by atoms with Crippen molar-refractivity contribution in [1.82, 2.24) is 10.2 Å². The molecular formula is C20H24N2O4. The monoisotopic (exact) mass is 356 g/mol. The van der Waals surface area contributed by atoms with Gasteiger partial charge in [0.2, 0.25) is 11.8 Å². The van der Waals surface area contributed by atoms with Gasteiger partial charge in [-0.05, 0) is 11.5 Å². The number of hydrogen-bond donors (Lipinski definition) is 1. The molecule has 0 saturated carbocycles. The molecule has 2 fully saturated rings. The Morgan fingerprint density at radius 3 is 2.46 bits per heavy atom. The predicted octanol–water partition coefficient (Wildman–Crippen LogP) is 1.47. The number of amides is 2. The molecule has 0 unspecified atom stereocenters. The Morgan fingerprint density at radius 1 is 1.23 bits per heavy atom. The highest BCUT2D eigenvalue weighted by atomic mass is 16.5. The molecule has 6 nitrogen and oxygen atoms in total. The second kappa shape index (κ2) is 6.68. The molecule has 0 spiro atoms. The Bertz CT molecular complexity index is 758. The average molecular weight is 356 g/mol. The van der Waals surface area contributed by atoms with E-state index in [0.29, 0.717) is 0 Å². The van der Waals surface area contributed by atoms with Crippen molar-refractivity contribution in [2.24, 2.45) is 17.8 Å². The second-order valence-corrected chi connectivity index (χ2v) is 7.19. The molecule has 4 atom stereocenters. The maximum Gasteiger partial charge on any atom is 0.327 e. The highest BCUT2D eigenvalue weighted by Crippen LogP contribution is 2.46. The minimum absolute atomic E-state index is 0.221. The van der Waals surface area contributed by atoms with Crippen LogP contribution in [0.25, 0.3) is 6.08 Å². The first kappa shape index (κ1) is 18.3. The summed E-state index contributed by atoms with van der Waals surface area (Å²) in [5, 5.41) is 3.28. The Hall–Kier alpha value is -2.47. The quantitative estimate of drug-likeness (QED) is 0.653. The van der Waals surface area contributed by atoms with Crippen LogP contribution in [0.3, 0.4) is 0 Å². The van der Waals surface area contributed by atoms with Gasteiger partial charge < -0.3 is 4.74 Å². The van der Waals surface area contributed by atoms with Crippen molar-refractivity contribution in [3.63, 3.8) is 0 Å². The Labute approximate surface area is 153 Å². The number of rotatable bonds is 4. The topological polar surface area (TPSA) is 75.7 Å². The van der Waals surface area contributed by atoms with Crippen LogP contribution in [0.2, 0.25) is 0 Å². The fourth-order valence-corrected chi connectivity index (χ4v) is 4.19. The smallest absolute Gasteiger partial charge is 0.327 e. The van der Waals surface area contributed by atoms with Crippen molar-refractivity contribution in [2.45, 2.75) is 25.4 Å². The van der Waals surface area contributed by atoms with Crippen LogP contribution in [-0.2, 0) is 19.1 Å². The van der Waals surface area contributed by atoms with E-state index in [1.165, 1.54) is 14.2 Å². The molecule has 2 heterocycles. The lowest BCUT2D eigenvalue weighted by Crippen LogP contribution is -2.60. The zero-order valence-electron chi connectivity index (χ0n) is 15.4. The lowest BCUT2D eigenvalue weighted by molar-refractivity contribution is -0.156. The summed E-state index contributed by atoms with van der Waals surface area (Å²) >= 11 is 0. The van der Waals surface area contributed by atoms with Crippen LogP contribution in [0, 0.1) is 17.8 Å². The summed E-state index contributed by atoms with van der Waals surface area (Å²) in [5.74, 6) is -2.70. The van der Waals surface area contributed by atoms with E-state index >= 15 is 0 Å². The maximum absolute atomic E-state index is 12.8. The van der Waals surface area contributed by atoms with Gasteiger partial charge in [-0.15, -0.1) is 0 Å².